The van der Waals surface area contributed by atoms with Gasteiger partial charge < -0.3 is 0 Å². The quantitative estimate of drug-likeness (QED) is 0.271. The van der Waals surface area contributed by atoms with E-state index in [0.29, 0.717) is 10.8 Å². The van der Waals surface area contributed by atoms with Crippen LogP contribution in [0.2, 0.25) is 5.02 Å². The van der Waals surface area contributed by atoms with Gasteiger partial charge in [0.05, 0.1) is 17.4 Å². The largest absolute Gasteiger partial charge is 0.261 e. The van der Waals surface area contributed by atoms with Crippen LogP contribution in [0.3, 0.4) is 0 Å². The standard InChI is InChI=1S/C25H18ClN5/c26-21-13-10-19(11-14-21)25-20(17-31(30-25)22-7-2-1-3-8-22)16-27-29-24-15-12-18-6-4-5-9-23(18)28-24/h1-17H,(H,28,29)/b27-16+. The Balaban J connectivity index is 1.47. The first-order valence-corrected chi connectivity index (χ1v) is 10.2. The Bertz CT molecular complexity index is 1360. The van der Waals surface area contributed by atoms with Gasteiger partial charge in [0.25, 0.3) is 0 Å². The highest BCUT2D eigenvalue weighted by atomic mass is 35.5. The van der Waals surface area contributed by atoms with E-state index in [0.717, 1.165) is 33.4 Å². The molecule has 5 aromatic rings. The number of aromatic nitrogens is 3. The van der Waals surface area contributed by atoms with Gasteiger partial charge in [-0.25, -0.2) is 9.67 Å². The van der Waals surface area contributed by atoms with Crippen LogP contribution in [0, 0.1) is 0 Å². The van der Waals surface area contributed by atoms with Gasteiger partial charge in [0.15, 0.2) is 0 Å². The van der Waals surface area contributed by atoms with Gasteiger partial charge in [-0.05, 0) is 42.5 Å². The average molecular weight is 424 g/mol. The predicted molar refractivity (Wildman–Crippen MR) is 127 cm³/mol. The molecule has 0 unspecified atom stereocenters. The van der Waals surface area contributed by atoms with Crippen molar-refractivity contribution >= 4 is 34.5 Å². The van der Waals surface area contributed by atoms with Gasteiger partial charge in [-0.15, -0.1) is 0 Å². The highest BCUT2D eigenvalue weighted by Gasteiger charge is 2.11. The molecule has 0 aliphatic rings. The zero-order chi connectivity index (χ0) is 21.0. The molecule has 2 aromatic heterocycles. The molecule has 0 saturated heterocycles. The van der Waals surface area contributed by atoms with Crippen molar-refractivity contribution in [1.82, 2.24) is 14.8 Å². The fraction of sp³-hybridized carbons (Fsp3) is 0. The molecule has 0 radical (unpaired) electrons. The maximum Gasteiger partial charge on any atom is 0.146 e. The molecule has 0 atom stereocenters. The van der Waals surface area contributed by atoms with E-state index in [9.17, 15) is 0 Å². The summed E-state index contributed by atoms with van der Waals surface area (Å²) in [6.45, 7) is 0. The molecular formula is C25H18ClN5. The van der Waals surface area contributed by atoms with Crippen LogP contribution in [-0.4, -0.2) is 21.0 Å². The van der Waals surface area contributed by atoms with Crippen LogP contribution in [0.4, 0.5) is 5.82 Å². The molecule has 5 nitrogen and oxygen atoms in total. The van der Waals surface area contributed by atoms with Crippen LogP contribution in [0.15, 0.2) is 102 Å². The van der Waals surface area contributed by atoms with E-state index in [1.807, 2.05) is 102 Å². The number of halogens is 1. The second-order valence-corrected chi connectivity index (χ2v) is 7.42. The van der Waals surface area contributed by atoms with E-state index in [1.165, 1.54) is 0 Å². The van der Waals surface area contributed by atoms with Gasteiger partial charge in [0.1, 0.15) is 11.5 Å². The van der Waals surface area contributed by atoms with E-state index in [1.54, 1.807) is 6.21 Å². The summed E-state index contributed by atoms with van der Waals surface area (Å²) >= 11 is 6.06. The normalized spacial score (nSPS) is 11.3. The molecule has 0 aliphatic heterocycles. The van der Waals surface area contributed by atoms with Crippen molar-refractivity contribution in [2.24, 2.45) is 5.10 Å². The maximum atomic E-state index is 6.06. The van der Waals surface area contributed by atoms with Crippen molar-refractivity contribution < 1.29 is 0 Å². The van der Waals surface area contributed by atoms with Crippen molar-refractivity contribution in [3.05, 3.63) is 108 Å². The molecule has 150 valence electrons. The SMILES string of the molecule is Clc1ccc(-c2nn(-c3ccccc3)cc2/C=N/Nc2ccc3ccccc3n2)cc1. The van der Waals surface area contributed by atoms with Crippen molar-refractivity contribution in [2.75, 3.05) is 5.43 Å². The van der Waals surface area contributed by atoms with Crippen LogP contribution in [-0.2, 0) is 0 Å². The zero-order valence-electron chi connectivity index (χ0n) is 16.5. The second kappa shape index (κ2) is 8.42. The summed E-state index contributed by atoms with van der Waals surface area (Å²) in [6, 6.07) is 29.5. The number of hydrogen-bond donors (Lipinski definition) is 1. The lowest BCUT2D eigenvalue weighted by atomic mass is 10.1. The summed E-state index contributed by atoms with van der Waals surface area (Å²) in [5.74, 6) is 0.679. The lowest BCUT2D eigenvalue weighted by Crippen LogP contribution is -1.94. The molecular weight excluding hydrogens is 406 g/mol. The number of fused-ring (bicyclic) bond motifs is 1. The van der Waals surface area contributed by atoms with E-state index in [2.05, 4.69) is 15.5 Å². The summed E-state index contributed by atoms with van der Waals surface area (Å²) < 4.78 is 1.85. The highest BCUT2D eigenvalue weighted by molar-refractivity contribution is 6.30. The Kier molecular flexibility index (Phi) is 5.17. The number of nitrogens with one attached hydrogen (secondary N) is 1. The number of para-hydroxylation sites is 2. The topological polar surface area (TPSA) is 55.1 Å². The van der Waals surface area contributed by atoms with Crippen LogP contribution >= 0.6 is 11.6 Å². The fourth-order valence-corrected chi connectivity index (χ4v) is 3.45. The summed E-state index contributed by atoms with van der Waals surface area (Å²) in [6.07, 6.45) is 3.71. The number of anilines is 1. The monoisotopic (exact) mass is 423 g/mol. The third-order valence-electron chi connectivity index (χ3n) is 4.86. The first kappa shape index (κ1) is 19.0. The minimum absolute atomic E-state index is 0.679. The van der Waals surface area contributed by atoms with Gasteiger partial charge >= 0.3 is 0 Å². The van der Waals surface area contributed by atoms with E-state index < -0.39 is 0 Å². The van der Waals surface area contributed by atoms with Crippen LogP contribution in [0.25, 0.3) is 27.8 Å². The third-order valence-corrected chi connectivity index (χ3v) is 5.11. The number of hydrogen-bond acceptors (Lipinski definition) is 4. The molecule has 31 heavy (non-hydrogen) atoms. The Morgan fingerprint density at radius 2 is 1.61 bits per heavy atom. The Hall–Kier alpha value is -3.96. The molecule has 1 N–H and O–H groups in total. The van der Waals surface area contributed by atoms with Crippen molar-refractivity contribution in [3.8, 4) is 16.9 Å². The smallest absolute Gasteiger partial charge is 0.146 e. The number of nitrogens with zero attached hydrogens (tertiary/aromatic N) is 4. The maximum absolute atomic E-state index is 6.06. The van der Waals surface area contributed by atoms with E-state index in [4.69, 9.17) is 16.7 Å². The van der Waals surface area contributed by atoms with Crippen molar-refractivity contribution in [1.29, 1.82) is 0 Å². The molecule has 5 rings (SSSR count). The second-order valence-electron chi connectivity index (χ2n) is 6.98. The third kappa shape index (κ3) is 4.17. The van der Waals surface area contributed by atoms with Crippen molar-refractivity contribution in [3.63, 3.8) is 0 Å². The van der Waals surface area contributed by atoms with Crippen LogP contribution in [0.5, 0.6) is 0 Å². The highest BCUT2D eigenvalue weighted by Crippen LogP contribution is 2.24. The molecule has 0 fully saturated rings. The zero-order valence-corrected chi connectivity index (χ0v) is 17.2. The summed E-state index contributed by atoms with van der Waals surface area (Å²) in [5, 5.41) is 11.0. The molecule has 0 spiro atoms. The predicted octanol–water partition coefficient (Wildman–Crippen LogP) is 6.19. The Morgan fingerprint density at radius 1 is 0.839 bits per heavy atom. The number of pyridine rings is 1. The van der Waals surface area contributed by atoms with E-state index >= 15 is 0 Å². The lowest BCUT2D eigenvalue weighted by Gasteiger charge is -2.02. The van der Waals surface area contributed by atoms with Gasteiger partial charge in [-0.1, -0.05) is 60.1 Å². The van der Waals surface area contributed by atoms with Gasteiger partial charge in [-0.3, -0.25) is 5.43 Å². The lowest BCUT2D eigenvalue weighted by molar-refractivity contribution is 0.884. The summed E-state index contributed by atoms with van der Waals surface area (Å²) in [4.78, 5) is 4.59. The number of rotatable bonds is 5. The number of benzene rings is 3. The average Bonchev–Trinajstić information content (AvgIpc) is 3.24. The van der Waals surface area contributed by atoms with Crippen molar-refractivity contribution in [2.45, 2.75) is 0 Å². The molecule has 0 amide bonds. The summed E-state index contributed by atoms with van der Waals surface area (Å²) in [5.41, 5.74) is 7.57. The van der Waals surface area contributed by atoms with Gasteiger partial charge in [-0.2, -0.15) is 10.2 Å². The first-order valence-electron chi connectivity index (χ1n) is 9.82. The van der Waals surface area contributed by atoms with E-state index in [-0.39, 0.29) is 0 Å². The first-order chi connectivity index (χ1) is 15.3. The Labute approximate surface area is 184 Å². The minimum atomic E-state index is 0.679. The molecule has 0 aliphatic carbocycles. The van der Waals surface area contributed by atoms with Gasteiger partial charge in [0.2, 0.25) is 0 Å². The molecule has 2 heterocycles. The van der Waals surface area contributed by atoms with Gasteiger partial charge in [0, 0.05) is 27.7 Å². The number of hydrazone groups is 1. The molecule has 3 aromatic carbocycles. The van der Waals surface area contributed by atoms with Crippen LogP contribution < -0.4 is 5.43 Å². The molecule has 0 bridgehead atoms. The Morgan fingerprint density at radius 3 is 2.45 bits per heavy atom. The molecule has 6 heteroatoms. The molecule has 0 saturated carbocycles. The summed E-state index contributed by atoms with van der Waals surface area (Å²) in [7, 11) is 0. The fourth-order valence-electron chi connectivity index (χ4n) is 3.32. The minimum Gasteiger partial charge on any atom is -0.261 e. The van der Waals surface area contributed by atoms with Crippen LogP contribution in [0.1, 0.15) is 5.56 Å².